The molecule has 1 saturated carbocycles. The maximum absolute atomic E-state index is 11.1. The second kappa shape index (κ2) is 4.74. The van der Waals surface area contributed by atoms with Crippen LogP contribution in [0.25, 0.3) is 0 Å². The number of nitrogens with one attached hydrogen (secondary N) is 1. The summed E-state index contributed by atoms with van der Waals surface area (Å²) < 4.78 is 10.6. The van der Waals surface area contributed by atoms with E-state index in [1.165, 1.54) is 5.56 Å². The maximum atomic E-state index is 11.1. The van der Waals surface area contributed by atoms with Crippen LogP contribution in [0, 0.1) is 0 Å². The molecule has 0 aromatic heterocycles. The molecule has 5 heteroatoms. The van der Waals surface area contributed by atoms with Gasteiger partial charge in [0.1, 0.15) is 0 Å². The van der Waals surface area contributed by atoms with Gasteiger partial charge < -0.3 is 14.8 Å². The number of carbonyl (C=O) groups is 1. The molecule has 0 unspecified atom stereocenters. The zero-order valence-corrected chi connectivity index (χ0v) is 11.6. The zero-order chi connectivity index (χ0) is 14.2. The number of allylic oxidation sites excluding steroid dienone is 1. The third-order valence-corrected chi connectivity index (χ3v) is 3.98. The minimum absolute atomic E-state index is 0.0958. The number of rotatable bonds is 5. The summed E-state index contributed by atoms with van der Waals surface area (Å²) in [6, 6.07) is 5.76. The van der Waals surface area contributed by atoms with Crippen molar-refractivity contribution in [3.05, 3.63) is 35.7 Å². The van der Waals surface area contributed by atoms with Gasteiger partial charge in [0.25, 0.3) is 0 Å². The molecular weight excluding hydrogens is 256 g/mol. The summed E-state index contributed by atoms with van der Waals surface area (Å²) in [5, 5.41) is 6.50. The molecule has 0 saturated heterocycles. The molecule has 20 heavy (non-hydrogen) atoms. The molecule has 1 aromatic rings. The first-order valence-electron chi connectivity index (χ1n) is 6.60. The zero-order valence-electron chi connectivity index (χ0n) is 11.6. The molecule has 0 bridgehead atoms. The molecular formula is C15H17N2O3. The minimum Gasteiger partial charge on any atom is -0.493 e. The molecule has 3 rings (SSSR count). The van der Waals surface area contributed by atoms with Crippen molar-refractivity contribution in [1.29, 1.82) is 0 Å². The number of ether oxygens (including phenoxy) is 2. The van der Waals surface area contributed by atoms with Gasteiger partial charge in [-0.25, -0.2) is 4.79 Å². The fourth-order valence-electron chi connectivity index (χ4n) is 2.68. The molecule has 0 atom stereocenters. The van der Waals surface area contributed by atoms with Gasteiger partial charge in [-0.2, -0.15) is 5.32 Å². The Labute approximate surface area is 118 Å². The van der Waals surface area contributed by atoms with Crippen LogP contribution in [0.15, 0.2) is 30.1 Å². The van der Waals surface area contributed by atoms with Crippen LogP contribution >= 0.6 is 0 Å². The van der Waals surface area contributed by atoms with Crippen LogP contribution in [0.2, 0.25) is 0 Å². The van der Waals surface area contributed by atoms with Gasteiger partial charge in [0.15, 0.2) is 11.5 Å². The lowest BCUT2D eigenvalue weighted by Gasteiger charge is -2.18. The summed E-state index contributed by atoms with van der Waals surface area (Å²) in [4.78, 5) is 11.1. The van der Waals surface area contributed by atoms with Crippen LogP contribution in [0.5, 0.6) is 11.5 Å². The second-order valence-corrected chi connectivity index (χ2v) is 5.24. The summed E-state index contributed by atoms with van der Waals surface area (Å²) in [5.41, 5.74) is 2.21. The Hall–Kier alpha value is -2.17. The van der Waals surface area contributed by atoms with Gasteiger partial charge in [0, 0.05) is 11.1 Å². The Morgan fingerprint density at radius 2 is 2.00 bits per heavy atom. The highest BCUT2D eigenvalue weighted by Crippen LogP contribution is 2.53. The van der Waals surface area contributed by atoms with E-state index in [0.717, 1.165) is 36.5 Å². The fourth-order valence-corrected chi connectivity index (χ4v) is 2.68. The van der Waals surface area contributed by atoms with Crippen LogP contribution in [0.4, 0.5) is 4.79 Å². The molecule has 2 aliphatic rings. The summed E-state index contributed by atoms with van der Waals surface area (Å²) >= 11 is 0. The van der Waals surface area contributed by atoms with Crippen molar-refractivity contribution in [3.63, 3.8) is 0 Å². The Morgan fingerprint density at radius 3 is 2.55 bits per heavy atom. The largest absolute Gasteiger partial charge is 0.493 e. The molecule has 1 radical (unpaired) electrons. The van der Waals surface area contributed by atoms with Gasteiger partial charge in [-0.3, -0.25) is 0 Å². The fraction of sp³-hybridized carbons (Fsp3) is 0.400. The van der Waals surface area contributed by atoms with Gasteiger partial charge in [-0.15, -0.1) is 0 Å². The van der Waals surface area contributed by atoms with Gasteiger partial charge in [-0.05, 0) is 37.0 Å². The van der Waals surface area contributed by atoms with E-state index >= 15 is 0 Å². The normalized spacial score (nSPS) is 18.9. The summed E-state index contributed by atoms with van der Waals surface area (Å²) in [6.07, 6.45) is 4.65. The van der Waals surface area contributed by atoms with Crippen molar-refractivity contribution in [2.45, 2.75) is 24.7 Å². The number of urea groups is 1. The number of hydrogen-bond donors (Lipinski definition) is 1. The van der Waals surface area contributed by atoms with Gasteiger partial charge >= 0.3 is 6.03 Å². The number of amides is 2. The molecule has 1 N–H and O–H groups in total. The summed E-state index contributed by atoms with van der Waals surface area (Å²) in [5.74, 6) is 1.47. The van der Waals surface area contributed by atoms with E-state index in [-0.39, 0.29) is 11.4 Å². The van der Waals surface area contributed by atoms with E-state index in [4.69, 9.17) is 9.47 Å². The average molecular weight is 273 g/mol. The summed E-state index contributed by atoms with van der Waals surface area (Å²) in [6.45, 7) is 0. The number of benzene rings is 1. The molecule has 1 heterocycles. The van der Waals surface area contributed by atoms with Crippen molar-refractivity contribution in [2.24, 2.45) is 0 Å². The maximum Gasteiger partial charge on any atom is 0.345 e. The minimum atomic E-state index is -0.275. The molecule has 0 spiro atoms. The Bertz CT molecular complexity index is 576. The third kappa shape index (κ3) is 2.19. The van der Waals surface area contributed by atoms with Gasteiger partial charge in [0.05, 0.1) is 20.4 Å². The molecule has 5 nitrogen and oxygen atoms in total. The Morgan fingerprint density at radius 1 is 1.25 bits per heavy atom. The van der Waals surface area contributed by atoms with Crippen molar-refractivity contribution < 1.29 is 14.3 Å². The SMILES string of the molecule is COc1ccc(C2(CC3=C[N]C(=O)N3)CC2)cc1OC. The van der Waals surface area contributed by atoms with E-state index in [2.05, 4.69) is 16.7 Å². The smallest absolute Gasteiger partial charge is 0.345 e. The predicted molar refractivity (Wildman–Crippen MR) is 73.8 cm³/mol. The lowest BCUT2D eigenvalue weighted by molar-refractivity contribution is 0.248. The first-order valence-corrected chi connectivity index (χ1v) is 6.60. The molecule has 1 aliphatic carbocycles. The number of nitrogens with zero attached hydrogens (tertiary/aromatic N) is 1. The van der Waals surface area contributed by atoms with Gasteiger partial charge in [-0.1, -0.05) is 6.07 Å². The quantitative estimate of drug-likeness (QED) is 0.895. The first kappa shape index (κ1) is 12.8. The predicted octanol–water partition coefficient (Wildman–Crippen LogP) is 2.29. The summed E-state index contributed by atoms with van der Waals surface area (Å²) in [7, 11) is 3.27. The van der Waals surface area contributed by atoms with Crippen molar-refractivity contribution >= 4 is 6.03 Å². The van der Waals surface area contributed by atoms with Crippen LogP contribution in [0.1, 0.15) is 24.8 Å². The van der Waals surface area contributed by atoms with Crippen LogP contribution in [0.3, 0.4) is 0 Å². The number of carbonyl (C=O) groups excluding carboxylic acids is 1. The van der Waals surface area contributed by atoms with E-state index in [0.29, 0.717) is 0 Å². The van der Waals surface area contributed by atoms with Crippen molar-refractivity contribution in [1.82, 2.24) is 10.6 Å². The van der Waals surface area contributed by atoms with E-state index in [9.17, 15) is 4.79 Å². The topological polar surface area (TPSA) is 61.7 Å². The van der Waals surface area contributed by atoms with Crippen molar-refractivity contribution in [3.8, 4) is 11.5 Å². The lowest BCUT2D eigenvalue weighted by atomic mass is 9.91. The standard InChI is InChI=1S/C15H17N2O3/c1-19-12-4-3-10(7-13(12)20-2)15(5-6-15)8-11-9-16-14(18)17-11/h3-4,7,9H,5-6,8H2,1-2H3,(H,17,18). The van der Waals surface area contributed by atoms with Crippen molar-refractivity contribution in [2.75, 3.05) is 14.2 Å². The van der Waals surface area contributed by atoms with Gasteiger partial charge in [0.2, 0.25) is 0 Å². The Balaban J connectivity index is 1.83. The molecule has 105 valence electrons. The highest BCUT2D eigenvalue weighted by atomic mass is 16.5. The molecule has 1 aromatic carbocycles. The first-order chi connectivity index (χ1) is 9.66. The Kier molecular flexibility index (Phi) is 3.04. The third-order valence-electron chi connectivity index (χ3n) is 3.98. The number of methoxy groups -OCH3 is 2. The molecule has 1 fully saturated rings. The second-order valence-electron chi connectivity index (χ2n) is 5.24. The van der Waals surface area contributed by atoms with Crippen LogP contribution in [-0.4, -0.2) is 20.3 Å². The van der Waals surface area contributed by atoms with Crippen LogP contribution in [-0.2, 0) is 5.41 Å². The molecule has 2 amide bonds. The van der Waals surface area contributed by atoms with E-state index in [1.54, 1.807) is 20.4 Å². The van der Waals surface area contributed by atoms with E-state index < -0.39 is 0 Å². The van der Waals surface area contributed by atoms with E-state index in [1.807, 2.05) is 12.1 Å². The monoisotopic (exact) mass is 273 g/mol. The molecule has 1 aliphatic heterocycles. The highest BCUT2D eigenvalue weighted by Gasteiger charge is 2.45. The average Bonchev–Trinajstić information content (AvgIpc) is 3.14. The number of hydrogen-bond acceptors (Lipinski definition) is 3. The lowest BCUT2D eigenvalue weighted by Crippen LogP contribution is -2.21. The van der Waals surface area contributed by atoms with Crippen LogP contribution < -0.4 is 20.1 Å². The highest BCUT2D eigenvalue weighted by molar-refractivity contribution is 5.79.